The first-order valence-electron chi connectivity index (χ1n) is 6.79. The molecule has 1 rings (SSSR count). The van der Waals surface area contributed by atoms with E-state index in [4.69, 9.17) is 19.6 Å². The van der Waals surface area contributed by atoms with Crippen molar-refractivity contribution in [2.45, 2.75) is 43.3 Å². The Balaban J connectivity index is 2.92. The summed E-state index contributed by atoms with van der Waals surface area (Å²) < 4.78 is 19.9. The maximum Gasteiger partial charge on any atom is 0.470 e. The molecule has 0 aliphatic carbocycles. The first kappa shape index (κ1) is 20.1. The van der Waals surface area contributed by atoms with Crippen LogP contribution in [0.2, 0.25) is 0 Å². The highest BCUT2D eigenvalue weighted by atomic mass is 31.2. The lowest BCUT2D eigenvalue weighted by Gasteiger charge is -2.30. The Labute approximate surface area is 131 Å². The average Bonchev–Trinajstić information content (AvgIpc) is 3.02. The number of nitrogens with one attached hydrogen (secondary N) is 1. The summed E-state index contributed by atoms with van der Waals surface area (Å²) in [5, 5.41) is 31.0. The molecule has 0 spiro atoms. The van der Waals surface area contributed by atoms with Gasteiger partial charge in [0.05, 0.1) is 6.61 Å². The highest BCUT2D eigenvalue weighted by molar-refractivity contribution is 7.46. The molecular formula is C11H20NO10P. The molecule has 0 aromatic carbocycles. The van der Waals surface area contributed by atoms with Crippen LogP contribution in [-0.2, 0) is 23.4 Å². The molecule has 11 nitrogen and oxygen atoms in total. The molecule has 12 heteroatoms. The Morgan fingerprint density at radius 2 is 2.04 bits per heavy atom. The van der Waals surface area contributed by atoms with E-state index in [1.54, 1.807) is 0 Å². The second kappa shape index (κ2) is 8.81. The number of carbonyl (C=O) groups is 2. The Bertz CT molecular complexity index is 448. The summed E-state index contributed by atoms with van der Waals surface area (Å²) in [5.41, 5.74) is 0. The molecule has 23 heavy (non-hydrogen) atoms. The zero-order valence-electron chi connectivity index (χ0n) is 12.0. The highest BCUT2D eigenvalue weighted by Gasteiger charge is 2.41. The summed E-state index contributed by atoms with van der Waals surface area (Å²) in [4.78, 5) is 40.5. The fourth-order valence-electron chi connectivity index (χ4n) is 2.08. The number of esters is 1. The fraction of sp³-hybridized carbons (Fsp3) is 0.818. The minimum atomic E-state index is -5.13. The van der Waals surface area contributed by atoms with E-state index in [0.717, 1.165) is 0 Å². The lowest BCUT2D eigenvalue weighted by Crippen LogP contribution is -2.51. The molecule has 0 bridgehead atoms. The highest BCUT2D eigenvalue weighted by Crippen LogP contribution is 2.38. The summed E-state index contributed by atoms with van der Waals surface area (Å²) in [5.74, 6) is -0.877. The van der Waals surface area contributed by atoms with E-state index in [1.807, 2.05) is 0 Å². The normalized spacial score (nSPS) is 23.8. The molecular weight excluding hydrogens is 337 g/mol. The number of phosphoric ester groups is 1. The zero-order valence-corrected chi connectivity index (χ0v) is 12.9. The molecule has 134 valence electrons. The van der Waals surface area contributed by atoms with Crippen LogP contribution in [0, 0.1) is 0 Å². The lowest BCUT2D eigenvalue weighted by atomic mass is 10.0. The van der Waals surface area contributed by atoms with E-state index in [2.05, 4.69) is 9.84 Å². The Kier molecular flexibility index (Phi) is 7.71. The van der Waals surface area contributed by atoms with Gasteiger partial charge < -0.3 is 40.0 Å². The predicted molar refractivity (Wildman–Crippen MR) is 73.0 cm³/mol. The number of aliphatic hydroxyl groups excluding tert-OH is 3. The van der Waals surface area contributed by atoms with Gasteiger partial charge in [-0.1, -0.05) is 0 Å². The first-order chi connectivity index (χ1) is 10.7. The largest absolute Gasteiger partial charge is 0.470 e. The van der Waals surface area contributed by atoms with Crippen LogP contribution in [0.5, 0.6) is 0 Å². The first-order valence-corrected chi connectivity index (χ1v) is 8.32. The average molecular weight is 357 g/mol. The summed E-state index contributed by atoms with van der Waals surface area (Å²) in [6.45, 7) is -0.374. The summed E-state index contributed by atoms with van der Waals surface area (Å²) in [6, 6.07) is -0.710. The molecule has 6 N–H and O–H groups in total. The number of phosphoric acid groups is 1. The number of hydrogen-bond acceptors (Lipinski definition) is 9. The number of carbonyl (C=O) groups excluding carboxylic acids is 2. The van der Waals surface area contributed by atoms with Crippen LogP contribution < -0.4 is 5.32 Å². The molecule has 1 aliphatic heterocycles. The van der Waals surface area contributed by atoms with Gasteiger partial charge in [-0.15, -0.1) is 0 Å². The molecule has 1 saturated heterocycles. The van der Waals surface area contributed by atoms with Gasteiger partial charge in [0.25, 0.3) is 0 Å². The maximum atomic E-state index is 12.0. The number of aliphatic hydroxyl groups is 3. The molecule has 1 heterocycles. The standard InChI is InChI=1S/C11H20NO10P/c13-4-7(15)9(16)10(8(5-14)22-23(18,19)20)21-11(17)6-2-1-3-12-6/h5-10,12-13,15-16H,1-4H2,(H2,18,19,20)/t6-,7+,8-,9+,10+/m0/s1. The number of rotatable bonds is 9. The van der Waals surface area contributed by atoms with E-state index in [1.165, 1.54) is 0 Å². The molecule has 0 amide bonds. The molecule has 5 atom stereocenters. The molecule has 0 aromatic heterocycles. The molecule has 0 radical (unpaired) electrons. The Morgan fingerprint density at radius 1 is 1.39 bits per heavy atom. The van der Waals surface area contributed by atoms with Crippen LogP contribution in [0.1, 0.15) is 12.8 Å². The van der Waals surface area contributed by atoms with Gasteiger partial charge in [-0.25, -0.2) is 4.57 Å². The van der Waals surface area contributed by atoms with Gasteiger partial charge in [-0.3, -0.25) is 9.32 Å². The van der Waals surface area contributed by atoms with Crippen LogP contribution in [0.25, 0.3) is 0 Å². The van der Waals surface area contributed by atoms with Crippen LogP contribution >= 0.6 is 7.82 Å². The van der Waals surface area contributed by atoms with Gasteiger partial charge in [0.15, 0.2) is 18.5 Å². The van der Waals surface area contributed by atoms with Crippen LogP contribution in [0.4, 0.5) is 0 Å². The third-order valence-electron chi connectivity index (χ3n) is 3.23. The van der Waals surface area contributed by atoms with Crippen molar-refractivity contribution in [3.05, 3.63) is 0 Å². The van der Waals surface area contributed by atoms with Gasteiger partial charge in [0.1, 0.15) is 18.2 Å². The minimum absolute atomic E-state index is 0.0770. The summed E-state index contributed by atoms with van der Waals surface area (Å²) in [7, 11) is -5.13. The Morgan fingerprint density at radius 3 is 2.48 bits per heavy atom. The van der Waals surface area contributed by atoms with Crippen LogP contribution in [0.15, 0.2) is 0 Å². The van der Waals surface area contributed by atoms with Crippen molar-refractivity contribution in [2.24, 2.45) is 0 Å². The van der Waals surface area contributed by atoms with Crippen molar-refractivity contribution in [3.63, 3.8) is 0 Å². The van der Waals surface area contributed by atoms with Crippen LogP contribution in [-0.4, -0.2) is 81.0 Å². The quantitative estimate of drug-likeness (QED) is 0.141. The van der Waals surface area contributed by atoms with E-state index in [-0.39, 0.29) is 6.29 Å². The number of hydrogen-bond donors (Lipinski definition) is 6. The third kappa shape index (κ3) is 6.24. The third-order valence-corrected chi connectivity index (χ3v) is 3.75. The van der Waals surface area contributed by atoms with E-state index >= 15 is 0 Å². The smallest absolute Gasteiger partial charge is 0.455 e. The van der Waals surface area contributed by atoms with Crippen LogP contribution in [0.3, 0.4) is 0 Å². The van der Waals surface area contributed by atoms with Crippen molar-refractivity contribution in [3.8, 4) is 0 Å². The van der Waals surface area contributed by atoms with Crippen molar-refractivity contribution in [2.75, 3.05) is 13.2 Å². The van der Waals surface area contributed by atoms with Gasteiger partial charge in [0.2, 0.25) is 0 Å². The van der Waals surface area contributed by atoms with Crippen molar-refractivity contribution in [1.29, 1.82) is 0 Å². The predicted octanol–water partition coefficient (Wildman–Crippen LogP) is -2.96. The van der Waals surface area contributed by atoms with E-state index in [9.17, 15) is 24.4 Å². The second-order valence-corrected chi connectivity index (χ2v) is 6.18. The summed E-state index contributed by atoms with van der Waals surface area (Å²) in [6.07, 6.45) is -6.68. The number of ether oxygens (including phenoxy) is 1. The number of aldehydes is 1. The second-order valence-electron chi connectivity index (χ2n) is 4.99. The van der Waals surface area contributed by atoms with Crippen molar-refractivity contribution in [1.82, 2.24) is 5.32 Å². The Hall–Kier alpha value is -0.910. The van der Waals surface area contributed by atoms with Crippen molar-refractivity contribution < 1.29 is 48.5 Å². The fourth-order valence-corrected chi connectivity index (χ4v) is 2.57. The van der Waals surface area contributed by atoms with E-state index in [0.29, 0.717) is 19.4 Å². The molecule has 0 unspecified atom stereocenters. The van der Waals surface area contributed by atoms with Gasteiger partial charge >= 0.3 is 13.8 Å². The van der Waals surface area contributed by atoms with E-state index < -0.39 is 50.9 Å². The topological polar surface area (TPSA) is 183 Å². The van der Waals surface area contributed by atoms with Gasteiger partial charge in [0, 0.05) is 0 Å². The maximum absolute atomic E-state index is 12.0. The molecule has 1 fully saturated rings. The molecule has 0 aromatic rings. The molecule has 1 aliphatic rings. The molecule has 0 saturated carbocycles. The SMILES string of the molecule is O=C[C@H](OP(=O)(O)O)[C@@H](OC(=O)[C@@H]1CCCN1)[C@H](O)[C@H](O)CO. The van der Waals surface area contributed by atoms with Crippen molar-refractivity contribution >= 4 is 20.1 Å². The monoisotopic (exact) mass is 357 g/mol. The van der Waals surface area contributed by atoms with Gasteiger partial charge in [-0.2, -0.15) is 0 Å². The summed E-state index contributed by atoms with van der Waals surface area (Å²) >= 11 is 0. The minimum Gasteiger partial charge on any atom is -0.455 e. The zero-order chi connectivity index (χ0) is 17.6. The lowest BCUT2D eigenvalue weighted by molar-refractivity contribution is -0.174. The van der Waals surface area contributed by atoms with Gasteiger partial charge in [-0.05, 0) is 19.4 Å².